The summed E-state index contributed by atoms with van der Waals surface area (Å²) in [5, 5.41) is 3.33. The van der Waals surface area contributed by atoms with Crippen LogP contribution in [0.4, 0.5) is 5.00 Å². The Bertz CT molecular complexity index is 725. The molecule has 2 aliphatic rings. The van der Waals surface area contributed by atoms with Gasteiger partial charge in [-0.15, -0.1) is 11.3 Å². The lowest BCUT2D eigenvalue weighted by atomic mass is 9.88. The molecule has 2 fully saturated rings. The van der Waals surface area contributed by atoms with E-state index in [9.17, 15) is 14.4 Å². The number of amides is 2. The number of rotatable bonds is 4. The highest BCUT2D eigenvalue weighted by atomic mass is 32.1. The Morgan fingerprint density at radius 3 is 2.44 bits per heavy atom. The predicted molar refractivity (Wildman–Crippen MR) is 96.0 cm³/mol. The van der Waals surface area contributed by atoms with Crippen LogP contribution in [0.1, 0.15) is 51.3 Å². The van der Waals surface area contributed by atoms with Gasteiger partial charge in [0.15, 0.2) is 0 Å². The van der Waals surface area contributed by atoms with Gasteiger partial charge in [-0.1, -0.05) is 6.42 Å². The molecule has 2 bridgehead atoms. The predicted octanol–water partition coefficient (Wildman–Crippen LogP) is 2.92. The SMILES string of the molecule is COC(=O)c1c(NC(=O)C2CC3CCC2C3)sc(C(=O)N(C)C)c1C. The highest BCUT2D eigenvalue weighted by Crippen LogP contribution is 2.49. The topological polar surface area (TPSA) is 75.7 Å². The fourth-order valence-corrected chi connectivity index (χ4v) is 5.35. The monoisotopic (exact) mass is 364 g/mol. The summed E-state index contributed by atoms with van der Waals surface area (Å²) in [7, 11) is 4.62. The molecule has 1 heterocycles. The zero-order valence-corrected chi connectivity index (χ0v) is 15.9. The maximum atomic E-state index is 12.7. The number of hydrogen-bond acceptors (Lipinski definition) is 5. The summed E-state index contributed by atoms with van der Waals surface area (Å²) in [5.74, 6) is 0.372. The highest BCUT2D eigenvalue weighted by molar-refractivity contribution is 7.18. The summed E-state index contributed by atoms with van der Waals surface area (Å²) in [6.07, 6.45) is 4.40. The first kappa shape index (κ1) is 17.9. The molecule has 2 aliphatic carbocycles. The second kappa shape index (κ2) is 6.78. The third kappa shape index (κ3) is 3.17. The summed E-state index contributed by atoms with van der Waals surface area (Å²) in [6.45, 7) is 1.71. The molecule has 2 amide bonds. The summed E-state index contributed by atoms with van der Waals surface area (Å²) in [6, 6.07) is 0. The maximum Gasteiger partial charge on any atom is 0.341 e. The summed E-state index contributed by atoms with van der Waals surface area (Å²) in [4.78, 5) is 39.2. The van der Waals surface area contributed by atoms with Gasteiger partial charge in [0.1, 0.15) is 5.00 Å². The number of fused-ring (bicyclic) bond motifs is 2. The number of esters is 1. The Morgan fingerprint density at radius 1 is 1.20 bits per heavy atom. The van der Waals surface area contributed by atoms with Crippen molar-refractivity contribution >= 4 is 34.1 Å². The molecule has 7 heteroatoms. The van der Waals surface area contributed by atoms with E-state index in [1.165, 1.54) is 18.4 Å². The van der Waals surface area contributed by atoms with Gasteiger partial charge in [-0.25, -0.2) is 4.79 Å². The van der Waals surface area contributed by atoms with Gasteiger partial charge in [0.25, 0.3) is 5.91 Å². The molecule has 3 unspecified atom stereocenters. The normalized spacial score (nSPS) is 24.2. The van der Waals surface area contributed by atoms with E-state index in [1.807, 2.05) is 0 Å². The van der Waals surface area contributed by atoms with E-state index < -0.39 is 5.97 Å². The molecule has 0 radical (unpaired) electrons. The van der Waals surface area contributed by atoms with Gasteiger partial charge < -0.3 is 15.0 Å². The van der Waals surface area contributed by atoms with Crippen LogP contribution in [0.15, 0.2) is 0 Å². The van der Waals surface area contributed by atoms with Crippen LogP contribution in [0.25, 0.3) is 0 Å². The van der Waals surface area contributed by atoms with E-state index in [-0.39, 0.29) is 23.3 Å². The standard InChI is InChI=1S/C18H24N2O4S/c1-9-13(18(23)24-4)16(25-14(9)17(22)20(2)3)19-15(21)12-8-10-5-6-11(12)7-10/h10-12H,5-8H2,1-4H3,(H,19,21). The van der Waals surface area contributed by atoms with E-state index in [0.29, 0.717) is 27.3 Å². The number of thiophene rings is 1. The zero-order chi connectivity index (χ0) is 18.3. The number of nitrogens with zero attached hydrogens (tertiary/aromatic N) is 1. The van der Waals surface area contributed by atoms with Gasteiger partial charge in [-0.2, -0.15) is 0 Å². The molecule has 25 heavy (non-hydrogen) atoms. The third-order valence-corrected chi connectivity index (χ3v) is 6.64. The van der Waals surface area contributed by atoms with Crippen LogP contribution in [0.2, 0.25) is 0 Å². The second-order valence-electron chi connectivity index (χ2n) is 7.22. The van der Waals surface area contributed by atoms with Crippen molar-refractivity contribution in [2.75, 3.05) is 26.5 Å². The summed E-state index contributed by atoms with van der Waals surface area (Å²) < 4.78 is 4.86. The van der Waals surface area contributed by atoms with E-state index >= 15 is 0 Å². The molecule has 3 atom stereocenters. The van der Waals surface area contributed by atoms with Crippen molar-refractivity contribution in [3.63, 3.8) is 0 Å². The van der Waals surface area contributed by atoms with Gasteiger partial charge in [0.2, 0.25) is 5.91 Å². The smallest absolute Gasteiger partial charge is 0.341 e. The number of carbonyl (C=O) groups is 3. The lowest BCUT2D eigenvalue weighted by molar-refractivity contribution is -0.121. The molecular formula is C18H24N2O4S. The number of hydrogen-bond donors (Lipinski definition) is 1. The second-order valence-corrected chi connectivity index (χ2v) is 8.24. The van der Waals surface area contributed by atoms with Gasteiger partial charge >= 0.3 is 5.97 Å². The molecule has 0 saturated heterocycles. The van der Waals surface area contributed by atoms with Gasteiger partial charge in [-0.05, 0) is 43.6 Å². The van der Waals surface area contributed by atoms with Crippen molar-refractivity contribution in [1.82, 2.24) is 4.90 Å². The van der Waals surface area contributed by atoms with Crippen LogP contribution >= 0.6 is 11.3 Å². The van der Waals surface area contributed by atoms with Crippen molar-refractivity contribution in [2.24, 2.45) is 17.8 Å². The average Bonchev–Trinajstić information content (AvgIpc) is 3.28. The molecule has 3 rings (SSSR count). The molecule has 1 aromatic rings. The molecule has 6 nitrogen and oxygen atoms in total. The highest BCUT2D eigenvalue weighted by Gasteiger charge is 2.43. The lowest BCUT2D eigenvalue weighted by Gasteiger charge is -2.20. The van der Waals surface area contributed by atoms with Crippen LogP contribution in [0.3, 0.4) is 0 Å². The number of nitrogens with one attached hydrogen (secondary N) is 1. The molecule has 1 aromatic heterocycles. The molecule has 0 spiro atoms. The Morgan fingerprint density at radius 2 is 1.92 bits per heavy atom. The third-order valence-electron chi connectivity index (χ3n) is 5.45. The molecule has 2 saturated carbocycles. The van der Waals surface area contributed by atoms with Gasteiger partial charge in [0, 0.05) is 20.0 Å². The average molecular weight is 364 g/mol. The van der Waals surface area contributed by atoms with Crippen LogP contribution in [0.5, 0.6) is 0 Å². The zero-order valence-electron chi connectivity index (χ0n) is 15.0. The summed E-state index contributed by atoms with van der Waals surface area (Å²) in [5.41, 5.74) is 0.841. The molecule has 1 N–H and O–H groups in total. The maximum absolute atomic E-state index is 12.7. The Labute approximate surface area is 151 Å². The minimum Gasteiger partial charge on any atom is -0.465 e. The van der Waals surface area contributed by atoms with E-state index in [0.717, 1.165) is 30.6 Å². The minimum atomic E-state index is -0.533. The lowest BCUT2D eigenvalue weighted by Crippen LogP contribution is -2.27. The van der Waals surface area contributed by atoms with Crippen LogP contribution in [-0.4, -0.2) is 43.9 Å². The van der Waals surface area contributed by atoms with Gasteiger partial charge in [-0.3, -0.25) is 9.59 Å². The molecule has 0 aliphatic heterocycles. The minimum absolute atomic E-state index is 0.0136. The molecule has 136 valence electrons. The van der Waals surface area contributed by atoms with Crippen molar-refractivity contribution < 1.29 is 19.1 Å². The Hall–Kier alpha value is -1.89. The van der Waals surface area contributed by atoms with E-state index in [2.05, 4.69) is 5.32 Å². The van der Waals surface area contributed by atoms with E-state index in [4.69, 9.17) is 4.74 Å². The fourth-order valence-electron chi connectivity index (χ4n) is 4.13. The number of anilines is 1. The first-order chi connectivity index (χ1) is 11.8. The Kier molecular flexibility index (Phi) is 4.86. The van der Waals surface area contributed by atoms with E-state index in [1.54, 1.807) is 21.0 Å². The van der Waals surface area contributed by atoms with Crippen molar-refractivity contribution in [3.05, 3.63) is 16.0 Å². The fraction of sp³-hybridized carbons (Fsp3) is 0.611. The largest absolute Gasteiger partial charge is 0.465 e. The van der Waals surface area contributed by atoms with Crippen molar-refractivity contribution in [3.8, 4) is 0 Å². The van der Waals surface area contributed by atoms with Crippen LogP contribution in [-0.2, 0) is 9.53 Å². The summed E-state index contributed by atoms with van der Waals surface area (Å²) >= 11 is 1.15. The first-order valence-electron chi connectivity index (χ1n) is 8.57. The first-order valence-corrected chi connectivity index (χ1v) is 9.39. The van der Waals surface area contributed by atoms with Crippen molar-refractivity contribution in [1.29, 1.82) is 0 Å². The molecule has 0 aromatic carbocycles. The van der Waals surface area contributed by atoms with Crippen LogP contribution in [0, 0.1) is 24.7 Å². The quantitative estimate of drug-likeness (QED) is 0.834. The van der Waals surface area contributed by atoms with Crippen molar-refractivity contribution in [2.45, 2.75) is 32.6 Å². The van der Waals surface area contributed by atoms with Gasteiger partial charge in [0.05, 0.1) is 17.6 Å². The number of carbonyl (C=O) groups excluding carboxylic acids is 3. The Balaban J connectivity index is 1.89. The number of methoxy groups -OCH3 is 1. The van der Waals surface area contributed by atoms with Crippen LogP contribution < -0.4 is 5.32 Å². The molecular weight excluding hydrogens is 340 g/mol. The number of ether oxygens (including phenoxy) is 1.